The minimum atomic E-state index is -0.362. The lowest BCUT2D eigenvalue weighted by atomic mass is 10.3. The molecule has 0 radical (unpaired) electrons. The molecular weight excluding hydrogens is 342 g/mol. The van der Waals surface area contributed by atoms with Gasteiger partial charge in [-0.15, -0.1) is 11.8 Å². The summed E-state index contributed by atoms with van der Waals surface area (Å²) in [6, 6.07) is 7.28. The van der Waals surface area contributed by atoms with Gasteiger partial charge in [-0.05, 0) is 31.2 Å². The van der Waals surface area contributed by atoms with Crippen LogP contribution >= 0.6 is 27.7 Å². The molecule has 4 nitrogen and oxygen atoms in total. The van der Waals surface area contributed by atoms with Gasteiger partial charge in [0.25, 0.3) is 0 Å². The number of furan rings is 1. The molecule has 0 amide bonds. The molecule has 0 aliphatic carbocycles. The fourth-order valence-corrected chi connectivity index (χ4v) is 3.09. The van der Waals surface area contributed by atoms with Gasteiger partial charge in [0.15, 0.2) is 0 Å². The van der Waals surface area contributed by atoms with Crippen LogP contribution in [-0.2, 0) is 10.5 Å². The van der Waals surface area contributed by atoms with Gasteiger partial charge in [0.05, 0.1) is 18.6 Å². The first-order chi connectivity index (χ1) is 9.61. The van der Waals surface area contributed by atoms with E-state index in [0.717, 1.165) is 9.37 Å². The number of benzene rings is 1. The van der Waals surface area contributed by atoms with Gasteiger partial charge in [0.2, 0.25) is 0 Å². The molecule has 0 aliphatic rings. The lowest BCUT2D eigenvalue weighted by Crippen LogP contribution is -2.05. The Morgan fingerprint density at radius 1 is 1.45 bits per heavy atom. The SMILES string of the molecule is CCOC(=O)c1ccoc1CSc1cc(Br)ccc1N. The summed E-state index contributed by atoms with van der Waals surface area (Å²) >= 11 is 4.92. The monoisotopic (exact) mass is 355 g/mol. The summed E-state index contributed by atoms with van der Waals surface area (Å²) in [4.78, 5) is 12.7. The minimum absolute atomic E-state index is 0.342. The molecule has 0 saturated carbocycles. The smallest absolute Gasteiger partial charge is 0.341 e. The normalized spacial score (nSPS) is 10.5. The van der Waals surface area contributed by atoms with Crippen LogP contribution in [0.15, 0.2) is 44.3 Å². The topological polar surface area (TPSA) is 65.5 Å². The van der Waals surface area contributed by atoms with Crippen LogP contribution in [0.4, 0.5) is 5.69 Å². The second-order valence-corrected chi connectivity index (χ2v) is 5.88. The molecule has 1 aromatic carbocycles. The van der Waals surface area contributed by atoms with E-state index in [9.17, 15) is 4.79 Å². The van der Waals surface area contributed by atoms with Crippen molar-refractivity contribution in [3.05, 3.63) is 46.3 Å². The molecule has 0 fully saturated rings. The van der Waals surface area contributed by atoms with E-state index >= 15 is 0 Å². The highest BCUT2D eigenvalue weighted by Gasteiger charge is 2.16. The number of nitrogens with two attached hydrogens (primary N) is 1. The second kappa shape index (κ2) is 6.85. The molecule has 0 spiro atoms. The number of thioether (sulfide) groups is 1. The van der Waals surface area contributed by atoms with Crippen molar-refractivity contribution in [1.82, 2.24) is 0 Å². The van der Waals surface area contributed by atoms with Crippen LogP contribution < -0.4 is 5.73 Å². The Morgan fingerprint density at radius 3 is 3.00 bits per heavy atom. The van der Waals surface area contributed by atoms with Crippen LogP contribution in [0, 0.1) is 0 Å². The number of rotatable bonds is 5. The third-order valence-electron chi connectivity index (χ3n) is 2.58. The van der Waals surface area contributed by atoms with Crippen molar-refractivity contribution in [2.75, 3.05) is 12.3 Å². The highest BCUT2D eigenvalue weighted by atomic mass is 79.9. The molecule has 0 bridgehead atoms. The molecule has 0 unspecified atom stereocenters. The third-order valence-corrected chi connectivity index (χ3v) is 4.14. The molecule has 0 aliphatic heterocycles. The second-order valence-electron chi connectivity index (χ2n) is 3.95. The Hall–Kier alpha value is -1.40. The molecule has 6 heteroatoms. The Balaban J connectivity index is 2.10. The van der Waals surface area contributed by atoms with Gasteiger partial charge in [-0.3, -0.25) is 0 Å². The van der Waals surface area contributed by atoms with Crippen molar-refractivity contribution >= 4 is 39.3 Å². The number of ether oxygens (including phenoxy) is 1. The lowest BCUT2D eigenvalue weighted by molar-refractivity contribution is 0.0524. The number of anilines is 1. The molecule has 1 aromatic heterocycles. The average molecular weight is 356 g/mol. The zero-order chi connectivity index (χ0) is 14.5. The summed E-state index contributed by atoms with van der Waals surface area (Å²) in [7, 11) is 0. The first kappa shape index (κ1) is 15.0. The first-order valence-corrected chi connectivity index (χ1v) is 7.81. The van der Waals surface area contributed by atoms with Crippen molar-refractivity contribution in [3.63, 3.8) is 0 Å². The van der Waals surface area contributed by atoms with E-state index in [1.165, 1.54) is 18.0 Å². The summed E-state index contributed by atoms with van der Waals surface area (Å²) in [5.74, 6) is 0.744. The number of carbonyl (C=O) groups excluding carboxylic acids is 1. The summed E-state index contributed by atoms with van der Waals surface area (Å²) in [6.07, 6.45) is 1.49. The van der Waals surface area contributed by atoms with E-state index in [2.05, 4.69) is 15.9 Å². The van der Waals surface area contributed by atoms with E-state index in [0.29, 0.717) is 29.4 Å². The van der Waals surface area contributed by atoms with Crippen LogP contribution in [0.5, 0.6) is 0 Å². The molecule has 0 saturated heterocycles. The quantitative estimate of drug-likeness (QED) is 0.497. The average Bonchev–Trinajstić information content (AvgIpc) is 2.88. The van der Waals surface area contributed by atoms with E-state index in [1.54, 1.807) is 13.0 Å². The number of nitrogen functional groups attached to an aromatic ring is 1. The maximum Gasteiger partial charge on any atom is 0.341 e. The molecule has 2 rings (SSSR count). The van der Waals surface area contributed by atoms with Gasteiger partial charge in [0.1, 0.15) is 11.3 Å². The lowest BCUT2D eigenvalue weighted by Gasteiger charge is -2.06. The molecule has 0 atom stereocenters. The number of esters is 1. The predicted octanol–water partition coefficient (Wildman–Crippen LogP) is 4.09. The Labute approximate surface area is 129 Å². The van der Waals surface area contributed by atoms with Gasteiger partial charge in [0, 0.05) is 15.1 Å². The van der Waals surface area contributed by atoms with Crippen molar-refractivity contribution in [3.8, 4) is 0 Å². The van der Waals surface area contributed by atoms with Crippen LogP contribution in [0.2, 0.25) is 0 Å². The van der Waals surface area contributed by atoms with Gasteiger partial charge < -0.3 is 14.9 Å². The van der Waals surface area contributed by atoms with E-state index in [4.69, 9.17) is 14.9 Å². The predicted molar refractivity (Wildman–Crippen MR) is 82.8 cm³/mol. The number of hydrogen-bond donors (Lipinski definition) is 1. The van der Waals surface area contributed by atoms with Crippen LogP contribution in [0.1, 0.15) is 23.0 Å². The Morgan fingerprint density at radius 2 is 2.25 bits per heavy atom. The zero-order valence-electron chi connectivity index (χ0n) is 10.9. The number of hydrogen-bond acceptors (Lipinski definition) is 5. The third kappa shape index (κ3) is 3.58. The Bertz CT molecular complexity index is 612. The molecular formula is C14H14BrNO3S. The van der Waals surface area contributed by atoms with Crippen molar-refractivity contribution in [2.24, 2.45) is 0 Å². The van der Waals surface area contributed by atoms with Gasteiger partial charge in [-0.1, -0.05) is 15.9 Å². The van der Waals surface area contributed by atoms with Gasteiger partial charge in [-0.2, -0.15) is 0 Å². The fraction of sp³-hybridized carbons (Fsp3) is 0.214. The maximum absolute atomic E-state index is 11.7. The van der Waals surface area contributed by atoms with E-state index < -0.39 is 0 Å². The van der Waals surface area contributed by atoms with Crippen LogP contribution in [0.25, 0.3) is 0 Å². The van der Waals surface area contributed by atoms with Gasteiger partial charge >= 0.3 is 5.97 Å². The minimum Gasteiger partial charge on any atom is -0.468 e. The Kier molecular flexibility index (Phi) is 5.14. The highest BCUT2D eigenvalue weighted by Crippen LogP contribution is 2.31. The maximum atomic E-state index is 11.7. The largest absolute Gasteiger partial charge is 0.468 e. The molecule has 20 heavy (non-hydrogen) atoms. The summed E-state index contributed by atoms with van der Waals surface area (Å²) in [6.45, 7) is 2.11. The molecule has 106 valence electrons. The molecule has 1 heterocycles. The molecule has 2 N–H and O–H groups in total. The van der Waals surface area contributed by atoms with Gasteiger partial charge in [-0.25, -0.2) is 4.79 Å². The van der Waals surface area contributed by atoms with Crippen molar-refractivity contribution < 1.29 is 13.9 Å². The molecule has 2 aromatic rings. The van der Waals surface area contributed by atoms with Crippen LogP contribution in [0.3, 0.4) is 0 Å². The van der Waals surface area contributed by atoms with E-state index in [-0.39, 0.29) is 5.97 Å². The first-order valence-electron chi connectivity index (χ1n) is 6.03. The van der Waals surface area contributed by atoms with E-state index in [1.807, 2.05) is 18.2 Å². The zero-order valence-corrected chi connectivity index (χ0v) is 13.3. The van der Waals surface area contributed by atoms with Crippen molar-refractivity contribution in [2.45, 2.75) is 17.6 Å². The summed E-state index contributed by atoms with van der Waals surface area (Å²) < 4.78 is 11.3. The number of carbonyl (C=O) groups is 1. The summed E-state index contributed by atoms with van der Waals surface area (Å²) in [5, 5.41) is 0. The van der Waals surface area contributed by atoms with Crippen molar-refractivity contribution in [1.29, 1.82) is 0 Å². The number of halogens is 1. The fourth-order valence-electron chi connectivity index (χ4n) is 1.62. The highest BCUT2D eigenvalue weighted by molar-refractivity contribution is 9.10. The summed E-state index contributed by atoms with van der Waals surface area (Å²) in [5.41, 5.74) is 7.07. The standard InChI is InChI=1S/C14H14BrNO3S/c1-2-18-14(17)10-5-6-19-12(10)8-20-13-7-9(15)3-4-11(13)16/h3-7H,2,8,16H2,1H3. The van der Waals surface area contributed by atoms with Crippen LogP contribution in [-0.4, -0.2) is 12.6 Å².